The van der Waals surface area contributed by atoms with Crippen LogP contribution >= 0.6 is 26.6 Å². The normalized spacial score (nSPS) is 12.1. The number of aromatic nitrogens is 1. The van der Waals surface area contributed by atoms with Crippen molar-refractivity contribution in [2.45, 2.75) is 11.3 Å². The maximum atomic E-state index is 12.2. The molecule has 0 aliphatic heterocycles. The molecule has 4 nitrogen and oxygen atoms in total. The highest BCUT2D eigenvalue weighted by Gasteiger charge is 2.22. The number of alkyl halides is 2. The Bertz CT molecular complexity index is 542. The first-order valence-corrected chi connectivity index (χ1v) is 6.49. The van der Waals surface area contributed by atoms with Gasteiger partial charge in [-0.1, -0.05) is 0 Å². The van der Waals surface area contributed by atoms with E-state index < -0.39 is 31.6 Å². The maximum Gasteiger partial charge on any atom is 0.278 e. The fourth-order valence-corrected chi connectivity index (χ4v) is 3.25. The number of hydrogen-bond donors (Lipinski definition) is 1. The van der Waals surface area contributed by atoms with E-state index in [2.05, 4.69) is 15.9 Å². The summed E-state index contributed by atoms with van der Waals surface area (Å²) >= 11 is 2.69. The van der Waals surface area contributed by atoms with Crippen LogP contribution in [-0.4, -0.2) is 13.4 Å². The van der Waals surface area contributed by atoms with E-state index in [0.29, 0.717) is 0 Å². The van der Waals surface area contributed by atoms with Crippen molar-refractivity contribution in [1.29, 1.82) is 0 Å². The van der Waals surface area contributed by atoms with Gasteiger partial charge in [0.05, 0.1) is 5.69 Å². The van der Waals surface area contributed by atoms with E-state index in [1.807, 2.05) is 0 Å². The lowest BCUT2D eigenvalue weighted by Crippen LogP contribution is -2.17. The molecule has 0 aliphatic carbocycles. The Morgan fingerprint density at radius 1 is 1.47 bits per heavy atom. The highest BCUT2D eigenvalue weighted by atomic mass is 79.9. The van der Waals surface area contributed by atoms with Crippen LogP contribution in [0.2, 0.25) is 0 Å². The van der Waals surface area contributed by atoms with Gasteiger partial charge in [-0.25, -0.2) is 17.2 Å². The summed E-state index contributed by atoms with van der Waals surface area (Å²) < 4.78 is 45.8. The summed E-state index contributed by atoms with van der Waals surface area (Å²) in [5.41, 5.74) is -1.87. The Kier molecular flexibility index (Phi) is 3.51. The van der Waals surface area contributed by atoms with Crippen LogP contribution in [0.3, 0.4) is 0 Å². The third kappa shape index (κ3) is 2.76. The van der Waals surface area contributed by atoms with Gasteiger partial charge in [0.15, 0.2) is 4.90 Å². The average Bonchev–Trinajstić information content (AvgIpc) is 1.99. The van der Waals surface area contributed by atoms with Gasteiger partial charge < -0.3 is 4.98 Å². The molecule has 1 N–H and O–H groups in total. The Balaban J connectivity index is 3.56. The van der Waals surface area contributed by atoms with Gasteiger partial charge in [-0.3, -0.25) is 4.79 Å². The van der Waals surface area contributed by atoms with Crippen molar-refractivity contribution in [3.8, 4) is 0 Å². The molecule has 0 aromatic carbocycles. The molecule has 15 heavy (non-hydrogen) atoms. The first-order valence-electron chi connectivity index (χ1n) is 3.39. The Morgan fingerprint density at radius 3 is 2.33 bits per heavy atom. The summed E-state index contributed by atoms with van der Waals surface area (Å²) in [5, 5.41) is 0. The van der Waals surface area contributed by atoms with Gasteiger partial charge in [0.1, 0.15) is 0 Å². The largest absolute Gasteiger partial charge is 0.320 e. The molecule has 0 fully saturated rings. The van der Waals surface area contributed by atoms with Crippen molar-refractivity contribution in [1.82, 2.24) is 4.98 Å². The molecule has 0 spiro atoms. The number of halogens is 4. The van der Waals surface area contributed by atoms with Crippen molar-refractivity contribution in [3.63, 3.8) is 0 Å². The van der Waals surface area contributed by atoms with E-state index in [1.54, 1.807) is 4.98 Å². The lowest BCUT2D eigenvalue weighted by molar-refractivity contribution is 0.145. The van der Waals surface area contributed by atoms with E-state index in [9.17, 15) is 22.0 Å². The lowest BCUT2D eigenvalue weighted by atomic mass is 10.3. The summed E-state index contributed by atoms with van der Waals surface area (Å²) in [4.78, 5) is 12.1. The Hall–Kier alpha value is -0.470. The van der Waals surface area contributed by atoms with Gasteiger partial charge in [0.25, 0.3) is 21.0 Å². The number of pyridine rings is 1. The van der Waals surface area contributed by atoms with Crippen molar-refractivity contribution >= 4 is 35.7 Å². The highest BCUT2D eigenvalue weighted by Crippen LogP contribution is 2.25. The van der Waals surface area contributed by atoms with Gasteiger partial charge in [0.2, 0.25) is 0 Å². The predicted octanol–water partition coefficient (Wildman–Crippen LogP) is 2.00. The minimum Gasteiger partial charge on any atom is -0.320 e. The van der Waals surface area contributed by atoms with Crippen molar-refractivity contribution in [2.75, 3.05) is 0 Å². The second-order valence-electron chi connectivity index (χ2n) is 2.47. The van der Waals surface area contributed by atoms with Crippen molar-refractivity contribution < 1.29 is 17.2 Å². The summed E-state index contributed by atoms with van der Waals surface area (Å²) in [6.45, 7) is 0. The smallest absolute Gasteiger partial charge is 0.278 e. The van der Waals surface area contributed by atoms with Gasteiger partial charge in [0, 0.05) is 15.2 Å². The second-order valence-corrected chi connectivity index (χ2v) is 5.83. The summed E-state index contributed by atoms with van der Waals surface area (Å²) in [7, 11) is 0.666. The molecular formula is C6H3BrClF2NO3S. The van der Waals surface area contributed by atoms with Gasteiger partial charge in [-0.15, -0.1) is 0 Å². The molecule has 0 atom stereocenters. The zero-order valence-electron chi connectivity index (χ0n) is 6.80. The first kappa shape index (κ1) is 12.6. The standard InChI is InChI=1S/C6H3BrClF2NO3S/c7-2-1-3(5(9)10)11-6(12)4(2)15(8,13)14/h1,5H,(H,11,12). The minimum absolute atomic E-state index is 0.295. The van der Waals surface area contributed by atoms with Crippen LogP contribution in [0.1, 0.15) is 12.1 Å². The third-order valence-electron chi connectivity index (χ3n) is 1.44. The zero-order chi connectivity index (χ0) is 11.8. The SMILES string of the molecule is O=c1[nH]c(C(F)F)cc(Br)c1S(=O)(=O)Cl. The van der Waals surface area contributed by atoms with Crippen LogP contribution in [0.15, 0.2) is 20.2 Å². The monoisotopic (exact) mass is 321 g/mol. The van der Waals surface area contributed by atoms with E-state index in [0.717, 1.165) is 6.07 Å². The molecule has 1 aromatic rings. The second kappa shape index (κ2) is 4.18. The van der Waals surface area contributed by atoms with Gasteiger partial charge in [-0.05, 0) is 22.0 Å². The Labute approximate surface area is 95.8 Å². The minimum atomic E-state index is -4.27. The van der Waals surface area contributed by atoms with E-state index >= 15 is 0 Å². The van der Waals surface area contributed by atoms with Crippen molar-refractivity contribution in [2.24, 2.45) is 0 Å². The molecule has 1 rings (SSSR count). The lowest BCUT2D eigenvalue weighted by Gasteiger charge is -2.03. The molecular weight excluding hydrogens is 319 g/mol. The van der Waals surface area contributed by atoms with Gasteiger partial charge in [-0.2, -0.15) is 0 Å². The van der Waals surface area contributed by atoms with E-state index in [1.165, 1.54) is 0 Å². The molecule has 0 radical (unpaired) electrons. The first-order chi connectivity index (χ1) is 6.73. The third-order valence-corrected chi connectivity index (χ3v) is 3.69. The van der Waals surface area contributed by atoms with Crippen LogP contribution in [0.5, 0.6) is 0 Å². The fourth-order valence-electron chi connectivity index (χ4n) is 0.879. The fraction of sp³-hybridized carbons (Fsp3) is 0.167. The number of H-pyrrole nitrogens is 1. The molecule has 0 aliphatic rings. The number of rotatable bonds is 2. The summed E-state index contributed by atoms with van der Waals surface area (Å²) in [6, 6.07) is 0.793. The molecule has 9 heteroatoms. The molecule has 0 unspecified atom stereocenters. The van der Waals surface area contributed by atoms with Crippen LogP contribution in [0.25, 0.3) is 0 Å². The number of nitrogens with one attached hydrogen (secondary N) is 1. The van der Waals surface area contributed by atoms with Crippen molar-refractivity contribution in [3.05, 3.63) is 26.6 Å². The Morgan fingerprint density at radius 2 is 2.00 bits per heavy atom. The average molecular weight is 323 g/mol. The van der Waals surface area contributed by atoms with Gasteiger partial charge >= 0.3 is 0 Å². The van der Waals surface area contributed by atoms with E-state index in [4.69, 9.17) is 10.7 Å². The summed E-state index contributed by atoms with van der Waals surface area (Å²) in [6.07, 6.45) is -2.90. The molecule has 1 aromatic heterocycles. The van der Waals surface area contributed by atoms with Crippen LogP contribution < -0.4 is 5.56 Å². The number of aromatic amines is 1. The molecule has 0 saturated heterocycles. The van der Waals surface area contributed by atoms with Crippen LogP contribution in [-0.2, 0) is 9.05 Å². The molecule has 0 saturated carbocycles. The van der Waals surface area contributed by atoms with Crippen LogP contribution in [0.4, 0.5) is 8.78 Å². The maximum absolute atomic E-state index is 12.2. The molecule has 1 heterocycles. The predicted molar refractivity (Wildman–Crippen MR) is 52.8 cm³/mol. The molecule has 0 bridgehead atoms. The molecule has 0 amide bonds. The summed E-state index contributed by atoms with van der Waals surface area (Å²) in [5.74, 6) is 0. The quantitative estimate of drug-likeness (QED) is 0.847. The molecule has 84 valence electrons. The topological polar surface area (TPSA) is 67.0 Å². The highest BCUT2D eigenvalue weighted by molar-refractivity contribution is 9.10. The zero-order valence-corrected chi connectivity index (χ0v) is 9.96. The van der Waals surface area contributed by atoms with E-state index in [-0.39, 0.29) is 4.47 Å². The number of hydrogen-bond acceptors (Lipinski definition) is 3. The van der Waals surface area contributed by atoms with Crippen LogP contribution in [0, 0.1) is 0 Å².